The smallest absolute Gasteiger partial charge is 0.217 e. The normalized spacial score (nSPS) is 15.3. The summed E-state index contributed by atoms with van der Waals surface area (Å²) in [6.07, 6.45) is 11.2. The number of fused-ring (bicyclic) bond motifs is 5. The predicted molar refractivity (Wildman–Crippen MR) is 159 cm³/mol. The molecular formula is C35H30N3O2Pt-. The predicted octanol–water partition coefficient (Wildman–Crippen LogP) is 8.56. The summed E-state index contributed by atoms with van der Waals surface area (Å²) < 4.78 is 8.47. The van der Waals surface area contributed by atoms with Crippen LogP contribution < -0.4 is 4.74 Å². The molecule has 2 aliphatic rings. The molecule has 0 aliphatic heterocycles. The van der Waals surface area contributed by atoms with Crippen molar-refractivity contribution in [3.05, 3.63) is 95.7 Å². The Morgan fingerprint density at radius 1 is 0.878 bits per heavy atom. The number of para-hydroxylation sites is 1. The van der Waals surface area contributed by atoms with Gasteiger partial charge in [0.05, 0.1) is 0 Å². The van der Waals surface area contributed by atoms with Crippen LogP contribution in [0.5, 0.6) is 17.4 Å². The van der Waals surface area contributed by atoms with E-state index < -0.39 is 0 Å². The van der Waals surface area contributed by atoms with Gasteiger partial charge in [0.15, 0.2) is 0 Å². The Hall–Kier alpha value is -3.69. The van der Waals surface area contributed by atoms with E-state index in [9.17, 15) is 5.11 Å². The molecule has 0 unspecified atom stereocenters. The van der Waals surface area contributed by atoms with E-state index in [0.717, 1.165) is 57.8 Å². The number of rotatable bonds is 4. The summed E-state index contributed by atoms with van der Waals surface area (Å²) in [5, 5.41) is 14.2. The largest absolute Gasteiger partial charge is 0.505 e. The van der Waals surface area contributed by atoms with Crippen LogP contribution in [0, 0.1) is 6.07 Å². The SMILES string of the molecule is Oc1c2c(cc3ccc(Oc4[c-]c5c(cc4)c4ccccc4n5-c4cc(C5CCCC5)ccn4)nc13)CCCC2.[Pt]. The minimum Gasteiger partial charge on any atom is -0.505 e. The van der Waals surface area contributed by atoms with Crippen molar-refractivity contribution in [2.24, 2.45) is 0 Å². The van der Waals surface area contributed by atoms with Crippen LogP contribution in [0.2, 0.25) is 0 Å². The minimum absolute atomic E-state index is 0. The van der Waals surface area contributed by atoms with E-state index in [0.29, 0.717) is 28.8 Å². The summed E-state index contributed by atoms with van der Waals surface area (Å²) in [4.78, 5) is 9.53. The summed E-state index contributed by atoms with van der Waals surface area (Å²) in [6, 6.07) is 26.4. The Labute approximate surface area is 253 Å². The molecular weight excluding hydrogens is 689 g/mol. The molecule has 6 aromatic rings. The van der Waals surface area contributed by atoms with Crippen molar-refractivity contribution in [1.29, 1.82) is 0 Å². The molecule has 0 amide bonds. The van der Waals surface area contributed by atoms with Crippen LogP contribution >= 0.6 is 0 Å². The molecule has 3 aromatic carbocycles. The number of phenolic OH excluding ortho intramolecular Hbond substituents is 1. The molecule has 3 heterocycles. The van der Waals surface area contributed by atoms with Crippen molar-refractivity contribution in [3.63, 3.8) is 0 Å². The molecule has 3 aromatic heterocycles. The molecule has 41 heavy (non-hydrogen) atoms. The van der Waals surface area contributed by atoms with Gasteiger partial charge >= 0.3 is 0 Å². The molecule has 0 bridgehead atoms. The first-order valence-electron chi connectivity index (χ1n) is 14.5. The van der Waals surface area contributed by atoms with Gasteiger partial charge in [0, 0.05) is 50.0 Å². The van der Waals surface area contributed by atoms with Crippen molar-refractivity contribution in [2.45, 2.75) is 57.3 Å². The maximum Gasteiger partial charge on any atom is 0.217 e. The number of pyridine rings is 2. The van der Waals surface area contributed by atoms with E-state index in [1.807, 2.05) is 24.4 Å². The van der Waals surface area contributed by atoms with Gasteiger partial charge in [0.2, 0.25) is 5.88 Å². The third-order valence-corrected chi connectivity index (χ3v) is 8.85. The Balaban J connectivity index is 0.00000276. The zero-order valence-electron chi connectivity index (χ0n) is 22.7. The topological polar surface area (TPSA) is 60.2 Å². The van der Waals surface area contributed by atoms with E-state index in [-0.39, 0.29) is 21.1 Å². The maximum absolute atomic E-state index is 11.0. The van der Waals surface area contributed by atoms with Crippen LogP contribution in [-0.4, -0.2) is 19.6 Å². The summed E-state index contributed by atoms with van der Waals surface area (Å²) in [6.45, 7) is 0. The molecule has 2 aliphatic carbocycles. The van der Waals surface area contributed by atoms with Crippen LogP contribution in [0.1, 0.15) is 61.1 Å². The van der Waals surface area contributed by atoms with Gasteiger partial charge in [-0.05, 0) is 96.9 Å². The second-order valence-electron chi connectivity index (χ2n) is 11.3. The standard InChI is InChI=1S/C35H30N3O2.Pt/c39-35-27-10-4-3-9-24(27)19-25-13-16-33(37-34(25)35)40-26-14-15-29-28-11-5-6-12-30(28)38(31(29)21-26)32-20-23(17-18-36-32)22-7-1-2-8-22;/h5-6,11-20,22,39H,1-4,7-10H2;/q-1;. The Kier molecular flexibility index (Phi) is 6.79. The minimum atomic E-state index is 0. The van der Waals surface area contributed by atoms with Gasteiger partial charge in [-0.3, -0.25) is 0 Å². The number of aromatic hydroxyl groups is 1. The van der Waals surface area contributed by atoms with Gasteiger partial charge in [0.25, 0.3) is 0 Å². The van der Waals surface area contributed by atoms with Crippen molar-refractivity contribution in [2.75, 3.05) is 0 Å². The zero-order chi connectivity index (χ0) is 26.6. The van der Waals surface area contributed by atoms with Crippen molar-refractivity contribution in [1.82, 2.24) is 14.5 Å². The number of benzene rings is 3. The quantitative estimate of drug-likeness (QED) is 0.186. The van der Waals surface area contributed by atoms with Crippen molar-refractivity contribution >= 4 is 32.7 Å². The van der Waals surface area contributed by atoms with Gasteiger partial charge in [-0.25, -0.2) is 9.97 Å². The van der Waals surface area contributed by atoms with Crippen LogP contribution in [0.25, 0.3) is 38.5 Å². The summed E-state index contributed by atoms with van der Waals surface area (Å²) in [5.74, 6) is 2.83. The first-order valence-corrected chi connectivity index (χ1v) is 14.5. The molecule has 0 radical (unpaired) electrons. The third kappa shape index (κ3) is 4.51. The van der Waals surface area contributed by atoms with Gasteiger partial charge in [-0.2, -0.15) is 6.07 Å². The molecule has 0 spiro atoms. The third-order valence-electron chi connectivity index (χ3n) is 8.85. The van der Waals surface area contributed by atoms with Crippen LogP contribution in [0.15, 0.2) is 72.9 Å². The first-order chi connectivity index (χ1) is 19.7. The van der Waals surface area contributed by atoms with E-state index in [1.54, 1.807) is 0 Å². The Morgan fingerprint density at radius 2 is 1.73 bits per heavy atom. The van der Waals surface area contributed by atoms with E-state index >= 15 is 0 Å². The zero-order valence-corrected chi connectivity index (χ0v) is 24.9. The molecule has 1 N–H and O–H groups in total. The molecule has 208 valence electrons. The monoisotopic (exact) mass is 719 g/mol. The molecule has 0 saturated heterocycles. The number of nitrogens with zero attached hydrogens (tertiary/aromatic N) is 3. The average molecular weight is 720 g/mol. The first kappa shape index (κ1) is 26.2. The molecule has 5 nitrogen and oxygen atoms in total. The average Bonchev–Trinajstić information content (AvgIpc) is 3.65. The summed E-state index contributed by atoms with van der Waals surface area (Å²) in [7, 11) is 0. The van der Waals surface area contributed by atoms with Gasteiger partial charge in [-0.15, -0.1) is 17.5 Å². The fourth-order valence-electron chi connectivity index (χ4n) is 6.86. The van der Waals surface area contributed by atoms with E-state index in [1.165, 1.54) is 43.2 Å². The van der Waals surface area contributed by atoms with Crippen LogP contribution in [-0.2, 0) is 33.9 Å². The number of phenols is 1. The van der Waals surface area contributed by atoms with Crippen LogP contribution in [0.4, 0.5) is 0 Å². The number of aryl methyl sites for hydroxylation is 1. The fourth-order valence-corrected chi connectivity index (χ4v) is 6.86. The molecule has 8 rings (SSSR count). The van der Waals surface area contributed by atoms with E-state index in [2.05, 4.69) is 59.2 Å². The second kappa shape index (κ2) is 10.6. The van der Waals surface area contributed by atoms with E-state index in [4.69, 9.17) is 14.7 Å². The maximum atomic E-state index is 11.0. The molecule has 0 atom stereocenters. The Bertz CT molecular complexity index is 1920. The number of ether oxygens (including phenoxy) is 1. The van der Waals surface area contributed by atoms with Gasteiger partial charge in [0.1, 0.15) is 17.1 Å². The number of hydrogen-bond acceptors (Lipinski definition) is 4. The van der Waals surface area contributed by atoms with Gasteiger partial charge < -0.3 is 14.4 Å². The summed E-state index contributed by atoms with van der Waals surface area (Å²) >= 11 is 0. The second-order valence-corrected chi connectivity index (χ2v) is 11.3. The van der Waals surface area contributed by atoms with Crippen molar-refractivity contribution in [3.8, 4) is 23.2 Å². The Morgan fingerprint density at radius 3 is 2.63 bits per heavy atom. The van der Waals surface area contributed by atoms with Gasteiger partial charge in [-0.1, -0.05) is 36.6 Å². The molecule has 6 heteroatoms. The van der Waals surface area contributed by atoms with Crippen molar-refractivity contribution < 1.29 is 30.9 Å². The number of aromatic nitrogens is 3. The molecule has 1 fully saturated rings. The summed E-state index contributed by atoms with van der Waals surface area (Å²) in [5.41, 5.74) is 6.26. The molecule has 1 saturated carbocycles. The van der Waals surface area contributed by atoms with Crippen LogP contribution in [0.3, 0.4) is 0 Å². The number of hydrogen-bond donors (Lipinski definition) is 1. The fraction of sp³-hybridized carbons (Fsp3) is 0.257.